The first kappa shape index (κ1) is 15.6. The summed E-state index contributed by atoms with van der Waals surface area (Å²) in [5.74, 6) is 0.460. The van der Waals surface area contributed by atoms with Crippen LogP contribution in [0.4, 0.5) is 5.82 Å². The molecule has 114 valence electrons. The van der Waals surface area contributed by atoms with Gasteiger partial charge in [-0.2, -0.15) is 5.10 Å². The Bertz CT molecular complexity index is 755. The van der Waals surface area contributed by atoms with Crippen LogP contribution in [0.2, 0.25) is 0 Å². The minimum Gasteiger partial charge on any atom is -0.264 e. The summed E-state index contributed by atoms with van der Waals surface area (Å²) >= 11 is 0. The van der Waals surface area contributed by atoms with E-state index in [-0.39, 0.29) is 10.3 Å². The number of hydrogen-bond acceptors (Lipinski definition) is 3. The number of sulfonamides is 1. The Balaban J connectivity index is 2.36. The van der Waals surface area contributed by atoms with Crippen LogP contribution in [0.25, 0.3) is 0 Å². The van der Waals surface area contributed by atoms with Crippen LogP contribution < -0.4 is 4.72 Å². The summed E-state index contributed by atoms with van der Waals surface area (Å²) in [7, 11) is -1.88. The van der Waals surface area contributed by atoms with Crippen molar-refractivity contribution in [3.63, 3.8) is 0 Å². The van der Waals surface area contributed by atoms with Gasteiger partial charge in [-0.05, 0) is 24.6 Å². The molecule has 1 aromatic heterocycles. The summed E-state index contributed by atoms with van der Waals surface area (Å²) in [4.78, 5) is 0.251. The molecule has 0 unspecified atom stereocenters. The summed E-state index contributed by atoms with van der Waals surface area (Å²) in [5.41, 5.74) is 1.61. The van der Waals surface area contributed by atoms with Crippen molar-refractivity contribution in [2.75, 3.05) is 4.72 Å². The molecule has 0 spiro atoms. The van der Waals surface area contributed by atoms with Gasteiger partial charge in [-0.15, -0.1) is 0 Å². The molecule has 5 nitrogen and oxygen atoms in total. The van der Waals surface area contributed by atoms with Gasteiger partial charge in [-0.25, -0.2) is 8.42 Å². The van der Waals surface area contributed by atoms with Gasteiger partial charge in [0, 0.05) is 18.5 Å². The lowest BCUT2D eigenvalue weighted by atomic mass is 9.92. The minimum atomic E-state index is -3.60. The number of benzene rings is 1. The largest absolute Gasteiger partial charge is 0.264 e. The third-order valence-electron chi connectivity index (χ3n) is 3.19. The summed E-state index contributed by atoms with van der Waals surface area (Å²) in [6, 6.07) is 8.58. The highest BCUT2D eigenvalue weighted by atomic mass is 32.2. The maximum absolute atomic E-state index is 12.4. The van der Waals surface area contributed by atoms with Crippen molar-refractivity contribution in [1.82, 2.24) is 9.78 Å². The fourth-order valence-corrected chi connectivity index (χ4v) is 3.09. The zero-order chi connectivity index (χ0) is 15.8. The van der Waals surface area contributed by atoms with E-state index in [4.69, 9.17) is 0 Å². The molecule has 0 fully saturated rings. The van der Waals surface area contributed by atoms with Crippen molar-refractivity contribution in [2.45, 2.75) is 38.0 Å². The second kappa shape index (κ2) is 5.18. The van der Waals surface area contributed by atoms with Crippen molar-refractivity contribution < 1.29 is 8.42 Å². The van der Waals surface area contributed by atoms with E-state index in [1.165, 1.54) is 0 Å². The Labute approximate surface area is 126 Å². The van der Waals surface area contributed by atoms with E-state index in [1.807, 2.05) is 33.8 Å². The standard InChI is InChI=1S/C15H21N3O2S/c1-11-7-6-8-12(9-11)21(19,20)17-14-10-13(15(2,3)4)16-18(14)5/h6-10,17H,1-5H3. The van der Waals surface area contributed by atoms with Crippen LogP contribution in [0.15, 0.2) is 35.2 Å². The number of aryl methyl sites for hydroxylation is 2. The van der Waals surface area contributed by atoms with Gasteiger partial charge in [-0.3, -0.25) is 9.40 Å². The molecule has 1 aromatic carbocycles. The smallest absolute Gasteiger partial charge is 0.263 e. The molecule has 0 radical (unpaired) electrons. The fourth-order valence-electron chi connectivity index (χ4n) is 1.91. The second-order valence-electron chi connectivity index (χ2n) is 6.21. The monoisotopic (exact) mass is 307 g/mol. The zero-order valence-electron chi connectivity index (χ0n) is 13.0. The van der Waals surface area contributed by atoms with Crippen LogP contribution in [-0.4, -0.2) is 18.2 Å². The molecular formula is C15H21N3O2S. The van der Waals surface area contributed by atoms with Gasteiger partial charge in [0.1, 0.15) is 5.82 Å². The first-order valence-corrected chi connectivity index (χ1v) is 8.22. The molecule has 0 amide bonds. The molecule has 1 heterocycles. The molecule has 0 aliphatic carbocycles. The Morgan fingerprint density at radius 1 is 1.19 bits per heavy atom. The molecule has 0 bridgehead atoms. The van der Waals surface area contributed by atoms with E-state index in [2.05, 4.69) is 9.82 Å². The van der Waals surface area contributed by atoms with E-state index >= 15 is 0 Å². The Morgan fingerprint density at radius 2 is 1.86 bits per heavy atom. The first-order valence-electron chi connectivity index (χ1n) is 6.73. The molecule has 1 N–H and O–H groups in total. The lowest BCUT2D eigenvalue weighted by molar-refractivity contribution is 0.553. The van der Waals surface area contributed by atoms with E-state index in [9.17, 15) is 8.42 Å². The van der Waals surface area contributed by atoms with Crippen molar-refractivity contribution in [3.8, 4) is 0 Å². The van der Waals surface area contributed by atoms with Crippen LogP contribution in [-0.2, 0) is 22.5 Å². The molecule has 0 atom stereocenters. The van der Waals surface area contributed by atoms with Crippen LogP contribution >= 0.6 is 0 Å². The molecule has 21 heavy (non-hydrogen) atoms. The third-order valence-corrected chi connectivity index (χ3v) is 4.54. The maximum atomic E-state index is 12.4. The van der Waals surface area contributed by atoms with Gasteiger partial charge >= 0.3 is 0 Å². The van der Waals surface area contributed by atoms with Gasteiger partial charge in [0.25, 0.3) is 10.0 Å². The van der Waals surface area contributed by atoms with E-state index in [1.54, 1.807) is 36.0 Å². The number of nitrogens with one attached hydrogen (secondary N) is 1. The molecule has 2 aromatic rings. The Hall–Kier alpha value is -1.82. The van der Waals surface area contributed by atoms with Crippen molar-refractivity contribution in [2.24, 2.45) is 7.05 Å². The quantitative estimate of drug-likeness (QED) is 0.948. The second-order valence-corrected chi connectivity index (χ2v) is 7.89. The zero-order valence-corrected chi connectivity index (χ0v) is 13.8. The van der Waals surface area contributed by atoms with E-state index < -0.39 is 10.0 Å². The SMILES string of the molecule is Cc1cccc(S(=O)(=O)Nc2cc(C(C)(C)C)nn2C)c1. The Morgan fingerprint density at radius 3 is 2.38 bits per heavy atom. The third kappa shape index (κ3) is 3.44. The predicted octanol–water partition coefficient (Wildman–Crippen LogP) is 2.83. The highest BCUT2D eigenvalue weighted by Crippen LogP contribution is 2.25. The topological polar surface area (TPSA) is 64.0 Å². The van der Waals surface area contributed by atoms with Gasteiger partial charge in [0.15, 0.2) is 0 Å². The van der Waals surface area contributed by atoms with Gasteiger partial charge in [0.2, 0.25) is 0 Å². The van der Waals surface area contributed by atoms with Gasteiger partial charge in [-0.1, -0.05) is 32.9 Å². The van der Waals surface area contributed by atoms with Crippen LogP contribution in [0, 0.1) is 6.92 Å². The van der Waals surface area contributed by atoms with Crippen LogP contribution in [0.5, 0.6) is 0 Å². The summed E-state index contributed by atoms with van der Waals surface area (Å²) in [5, 5.41) is 4.37. The fraction of sp³-hybridized carbons (Fsp3) is 0.400. The summed E-state index contributed by atoms with van der Waals surface area (Å²) in [6.07, 6.45) is 0. The maximum Gasteiger partial charge on any atom is 0.263 e. The first-order chi connectivity index (χ1) is 9.59. The predicted molar refractivity (Wildman–Crippen MR) is 83.9 cm³/mol. The molecule has 0 saturated carbocycles. The highest BCUT2D eigenvalue weighted by Gasteiger charge is 2.22. The van der Waals surface area contributed by atoms with Crippen LogP contribution in [0.1, 0.15) is 32.0 Å². The number of nitrogens with zero attached hydrogens (tertiary/aromatic N) is 2. The number of aromatic nitrogens is 2. The van der Waals surface area contributed by atoms with Crippen molar-refractivity contribution >= 4 is 15.8 Å². The lowest BCUT2D eigenvalue weighted by Crippen LogP contribution is -2.15. The molecular weight excluding hydrogens is 286 g/mol. The highest BCUT2D eigenvalue weighted by molar-refractivity contribution is 7.92. The summed E-state index contributed by atoms with van der Waals surface area (Å²) in [6.45, 7) is 7.97. The average Bonchev–Trinajstić information content (AvgIpc) is 2.70. The normalized spacial score (nSPS) is 12.4. The molecule has 6 heteroatoms. The lowest BCUT2D eigenvalue weighted by Gasteiger charge is -2.13. The van der Waals surface area contributed by atoms with E-state index in [0.717, 1.165) is 11.3 Å². The number of anilines is 1. The van der Waals surface area contributed by atoms with Crippen molar-refractivity contribution in [1.29, 1.82) is 0 Å². The minimum absolute atomic E-state index is 0.134. The Kier molecular flexibility index (Phi) is 3.84. The van der Waals surface area contributed by atoms with Crippen LogP contribution in [0.3, 0.4) is 0 Å². The van der Waals surface area contributed by atoms with E-state index in [0.29, 0.717) is 5.82 Å². The van der Waals surface area contributed by atoms with Gasteiger partial charge < -0.3 is 0 Å². The molecule has 0 aliphatic heterocycles. The summed E-state index contributed by atoms with van der Waals surface area (Å²) < 4.78 is 29.0. The number of hydrogen-bond donors (Lipinski definition) is 1. The number of rotatable bonds is 3. The molecule has 0 aliphatic rings. The average molecular weight is 307 g/mol. The molecule has 2 rings (SSSR count). The van der Waals surface area contributed by atoms with Crippen molar-refractivity contribution in [3.05, 3.63) is 41.6 Å². The molecule has 0 saturated heterocycles. The van der Waals surface area contributed by atoms with Gasteiger partial charge in [0.05, 0.1) is 10.6 Å².